The number of nitrogens with zero attached hydrogens (tertiary/aromatic N) is 1. The number of H-pyrrole nitrogens is 1. The summed E-state index contributed by atoms with van der Waals surface area (Å²) in [7, 11) is 0. The first-order valence-electron chi connectivity index (χ1n) is 2.61. The van der Waals surface area contributed by atoms with Gasteiger partial charge in [-0.15, -0.1) is 0 Å². The van der Waals surface area contributed by atoms with Crippen LogP contribution in [0, 0.1) is 6.92 Å². The highest BCUT2D eigenvalue weighted by Crippen LogP contribution is 1.82. The van der Waals surface area contributed by atoms with Crippen LogP contribution in [-0.4, -0.2) is 14.9 Å². The van der Waals surface area contributed by atoms with Gasteiger partial charge in [-0.05, 0) is 6.92 Å². The molecule has 1 heterocycles. The Kier molecular flexibility index (Phi) is 1.40. The SMILES string of the molecule is Cc1cc(=O)n(CO)[nH]1. The molecule has 0 unspecified atom stereocenters. The topological polar surface area (TPSA) is 58.0 Å². The fourth-order valence-electron chi connectivity index (χ4n) is 0.668. The molecule has 50 valence electrons. The van der Waals surface area contributed by atoms with Crippen molar-refractivity contribution < 1.29 is 5.11 Å². The fraction of sp³-hybridized carbons (Fsp3) is 0.400. The lowest BCUT2D eigenvalue weighted by Crippen LogP contribution is -2.15. The van der Waals surface area contributed by atoms with Crippen LogP contribution in [0.1, 0.15) is 5.69 Å². The highest BCUT2D eigenvalue weighted by atomic mass is 16.3. The Morgan fingerprint density at radius 1 is 1.89 bits per heavy atom. The van der Waals surface area contributed by atoms with Crippen LogP contribution in [0.2, 0.25) is 0 Å². The molecule has 0 spiro atoms. The molecule has 0 aliphatic rings. The van der Waals surface area contributed by atoms with Crippen molar-refractivity contribution in [2.24, 2.45) is 0 Å². The van der Waals surface area contributed by atoms with Crippen molar-refractivity contribution in [3.05, 3.63) is 22.1 Å². The number of aliphatic hydroxyl groups is 1. The van der Waals surface area contributed by atoms with Crippen LogP contribution in [0.3, 0.4) is 0 Å². The fourth-order valence-corrected chi connectivity index (χ4v) is 0.668. The van der Waals surface area contributed by atoms with Crippen molar-refractivity contribution in [2.45, 2.75) is 13.7 Å². The van der Waals surface area contributed by atoms with Crippen LogP contribution in [0.15, 0.2) is 10.9 Å². The summed E-state index contributed by atoms with van der Waals surface area (Å²) >= 11 is 0. The van der Waals surface area contributed by atoms with E-state index in [0.717, 1.165) is 10.4 Å². The van der Waals surface area contributed by atoms with E-state index in [0.29, 0.717) is 0 Å². The number of aromatic amines is 1. The second-order valence-electron chi connectivity index (χ2n) is 1.85. The molecule has 0 saturated carbocycles. The van der Waals surface area contributed by atoms with Crippen molar-refractivity contribution in [1.29, 1.82) is 0 Å². The van der Waals surface area contributed by atoms with E-state index in [2.05, 4.69) is 5.10 Å². The number of aliphatic hydroxyl groups excluding tert-OH is 1. The molecular formula is C5H8N2O2. The van der Waals surface area contributed by atoms with E-state index in [1.165, 1.54) is 6.07 Å². The maximum Gasteiger partial charge on any atom is 0.268 e. The van der Waals surface area contributed by atoms with Gasteiger partial charge in [-0.1, -0.05) is 0 Å². The van der Waals surface area contributed by atoms with E-state index in [-0.39, 0.29) is 12.3 Å². The van der Waals surface area contributed by atoms with Gasteiger partial charge in [0.2, 0.25) is 0 Å². The number of aromatic nitrogens is 2. The van der Waals surface area contributed by atoms with E-state index < -0.39 is 0 Å². The molecule has 0 fully saturated rings. The van der Waals surface area contributed by atoms with Crippen molar-refractivity contribution in [2.75, 3.05) is 0 Å². The minimum absolute atomic E-state index is 0.199. The third-order valence-corrected chi connectivity index (χ3v) is 1.06. The van der Waals surface area contributed by atoms with Crippen LogP contribution in [0.5, 0.6) is 0 Å². The van der Waals surface area contributed by atoms with Crippen LogP contribution in [0.25, 0.3) is 0 Å². The van der Waals surface area contributed by atoms with E-state index in [1.807, 2.05) is 0 Å². The molecule has 0 saturated heterocycles. The summed E-state index contributed by atoms with van der Waals surface area (Å²) in [5.41, 5.74) is 0.559. The first-order chi connectivity index (χ1) is 4.24. The standard InChI is InChI=1S/C5H8N2O2/c1-4-2-5(9)7(3-8)6-4/h2,6,8H,3H2,1H3. The molecule has 4 heteroatoms. The predicted molar refractivity (Wildman–Crippen MR) is 32.0 cm³/mol. The average Bonchev–Trinajstić information content (AvgIpc) is 2.10. The van der Waals surface area contributed by atoms with Gasteiger partial charge in [-0.3, -0.25) is 9.89 Å². The number of aryl methyl sites for hydroxylation is 1. The van der Waals surface area contributed by atoms with Crippen molar-refractivity contribution in [3.63, 3.8) is 0 Å². The van der Waals surface area contributed by atoms with Crippen molar-refractivity contribution in [3.8, 4) is 0 Å². The van der Waals surface area contributed by atoms with Crippen LogP contribution in [-0.2, 0) is 6.73 Å². The second-order valence-corrected chi connectivity index (χ2v) is 1.85. The Bertz CT molecular complexity index is 248. The predicted octanol–water partition coefficient (Wildman–Crippen LogP) is -0.565. The van der Waals surface area contributed by atoms with Crippen LogP contribution in [0.4, 0.5) is 0 Å². The Morgan fingerprint density at radius 2 is 2.56 bits per heavy atom. The highest BCUT2D eigenvalue weighted by molar-refractivity contribution is 4.95. The van der Waals surface area contributed by atoms with E-state index in [1.54, 1.807) is 6.92 Å². The smallest absolute Gasteiger partial charge is 0.268 e. The Labute approximate surface area is 51.7 Å². The molecule has 1 aromatic heterocycles. The van der Waals surface area contributed by atoms with Crippen molar-refractivity contribution in [1.82, 2.24) is 9.78 Å². The van der Waals surface area contributed by atoms with Crippen LogP contribution >= 0.6 is 0 Å². The number of rotatable bonds is 1. The second kappa shape index (κ2) is 2.06. The lowest BCUT2D eigenvalue weighted by molar-refractivity contribution is 0.191. The zero-order valence-corrected chi connectivity index (χ0v) is 5.09. The molecule has 0 atom stereocenters. The molecule has 0 bridgehead atoms. The van der Waals surface area contributed by atoms with Gasteiger partial charge < -0.3 is 5.11 Å². The molecule has 0 aliphatic carbocycles. The summed E-state index contributed by atoms with van der Waals surface area (Å²) in [6.45, 7) is 1.47. The molecule has 0 radical (unpaired) electrons. The molecule has 1 rings (SSSR count). The average molecular weight is 128 g/mol. The summed E-state index contributed by atoms with van der Waals surface area (Å²) in [6.07, 6.45) is 0. The molecule has 1 aromatic rings. The monoisotopic (exact) mass is 128 g/mol. The zero-order chi connectivity index (χ0) is 6.85. The van der Waals surface area contributed by atoms with Gasteiger partial charge in [0.25, 0.3) is 5.56 Å². The molecule has 4 nitrogen and oxygen atoms in total. The third-order valence-electron chi connectivity index (χ3n) is 1.06. The number of nitrogens with one attached hydrogen (secondary N) is 1. The maximum atomic E-state index is 10.6. The van der Waals surface area contributed by atoms with E-state index in [9.17, 15) is 4.79 Å². The quantitative estimate of drug-likeness (QED) is 0.532. The molecule has 9 heavy (non-hydrogen) atoms. The molecule has 0 aliphatic heterocycles. The minimum Gasteiger partial charge on any atom is -0.374 e. The van der Waals surface area contributed by atoms with Gasteiger partial charge in [0, 0.05) is 11.8 Å². The molecule has 2 N–H and O–H groups in total. The van der Waals surface area contributed by atoms with Crippen molar-refractivity contribution >= 4 is 0 Å². The maximum absolute atomic E-state index is 10.6. The molecule has 0 amide bonds. The lowest BCUT2D eigenvalue weighted by atomic mass is 10.5. The van der Waals surface area contributed by atoms with Gasteiger partial charge in [-0.25, -0.2) is 4.68 Å². The summed E-state index contributed by atoms with van der Waals surface area (Å²) in [6, 6.07) is 1.43. The summed E-state index contributed by atoms with van der Waals surface area (Å²) in [4.78, 5) is 10.6. The zero-order valence-electron chi connectivity index (χ0n) is 5.09. The van der Waals surface area contributed by atoms with Gasteiger partial charge >= 0.3 is 0 Å². The van der Waals surface area contributed by atoms with Gasteiger partial charge in [0.1, 0.15) is 6.73 Å². The number of hydrogen-bond donors (Lipinski definition) is 2. The van der Waals surface area contributed by atoms with E-state index in [4.69, 9.17) is 5.11 Å². The summed E-state index contributed by atoms with van der Waals surface area (Å²) in [5, 5.41) is 11.1. The third kappa shape index (κ3) is 1.02. The Morgan fingerprint density at radius 3 is 2.78 bits per heavy atom. The van der Waals surface area contributed by atoms with Gasteiger partial charge in [0.15, 0.2) is 0 Å². The van der Waals surface area contributed by atoms with Gasteiger partial charge in [0.05, 0.1) is 0 Å². The Balaban J connectivity index is 3.16. The Hall–Kier alpha value is -1.03. The summed E-state index contributed by atoms with van der Waals surface area (Å²) in [5.74, 6) is 0. The normalized spacial score (nSPS) is 10.0. The number of hydrogen-bond acceptors (Lipinski definition) is 2. The minimum atomic E-state index is -0.285. The highest BCUT2D eigenvalue weighted by Gasteiger charge is 1.94. The molecule has 0 aromatic carbocycles. The summed E-state index contributed by atoms with van der Waals surface area (Å²) < 4.78 is 1.12. The van der Waals surface area contributed by atoms with E-state index >= 15 is 0 Å². The first-order valence-corrected chi connectivity index (χ1v) is 2.61. The largest absolute Gasteiger partial charge is 0.374 e. The lowest BCUT2D eigenvalue weighted by Gasteiger charge is -1.90. The van der Waals surface area contributed by atoms with Crippen LogP contribution < -0.4 is 5.56 Å². The first kappa shape index (κ1) is 6.10. The molecular weight excluding hydrogens is 120 g/mol. The van der Waals surface area contributed by atoms with Gasteiger partial charge in [-0.2, -0.15) is 0 Å².